The number of likely N-dealkylation sites (N-methyl/N-ethyl adjacent to an activating group) is 1. The zero-order valence-corrected chi connectivity index (χ0v) is 17.0. The Balaban J connectivity index is 2.06. The van der Waals surface area contributed by atoms with Gasteiger partial charge in [0.15, 0.2) is 0 Å². The Bertz CT molecular complexity index is 725. The molecule has 0 atom stereocenters. The molecule has 0 radical (unpaired) electrons. The lowest BCUT2D eigenvalue weighted by Gasteiger charge is -2.18. The number of urea groups is 1. The Hall–Kier alpha value is -1.58. The summed E-state index contributed by atoms with van der Waals surface area (Å²) in [6.07, 6.45) is 1.74. The highest BCUT2D eigenvalue weighted by Gasteiger charge is 2.22. The van der Waals surface area contributed by atoms with E-state index in [-0.39, 0.29) is 11.9 Å². The fourth-order valence-corrected chi connectivity index (χ4v) is 3.42. The van der Waals surface area contributed by atoms with Crippen LogP contribution in [0.2, 0.25) is 0 Å². The molecule has 0 spiro atoms. The molecule has 2 rings (SSSR count). The van der Waals surface area contributed by atoms with Crippen molar-refractivity contribution >= 4 is 62.2 Å². The summed E-state index contributed by atoms with van der Waals surface area (Å²) >= 11 is 9.64. The molecular weight excluding hydrogens is 426 g/mol. The van der Waals surface area contributed by atoms with Crippen molar-refractivity contribution in [2.24, 2.45) is 0 Å². The Morgan fingerprint density at radius 1 is 1.52 bits per heavy atom. The molecule has 0 aromatic heterocycles. The van der Waals surface area contributed by atoms with Gasteiger partial charge in [-0.2, -0.15) is 0 Å². The van der Waals surface area contributed by atoms with Gasteiger partial charge in [0, 0.05) is 23.6 Å². The summed E-state index contributed by atoms with van der Waals surface area (Å²) in [6.45, 7) is 3.23. The Kier molecular flexibility index (Phi) is 7.27. The Morgan fingerprint density at radius 3 is 2.92 bits per heavy atom. The van der Waals surface area contributed by atoms with Crippen LogP contribution in [0.15, 0.2) is 27.6 Å². The van der Waals surface area contributed by atoms with Crippen molar-refractivity contribution in [3.05, 3.63) is 33.1 Å². The quantitative estimate of drug-likeness (QED) is 0.522. The molecule has 0 bridgehead atoms. The van der Waals surface area contributed by atoms with Gasteiger partial charge in [0.05, 0.1) is 11.4 Å². The van der Waals surface area contributed by atoms with Crippen LogP contribution in [0.1, 0.15) is 12.5 Å². The molecule has 0 saturated carbocycles. The van der Waals surface area contributed by atoms with Gasteiger partial charge >= 0.3 is 6.03 Å². The number of hydrogen-bond acceptors (Lipinski definition) is 5. The summed E-state index contributed by atoms with van der Waals surface area (Å²) in [5, 5.41) is 5.31. The molecule has 1 aromatic carbocycles. The molecule has 1 aromatic rings. The first-order valence-electron chi connectivity index (χ1n) is 7.57. The molecule has 2 N–H and O–H groups in total. The van der Waals surface area contributed by atoms with Crippen LogP contribution in [0.4, 0.5) is 4.79 Å². The van der Waals surface area contributed by atoms with E-state index in [1.54, 1.807) is 18.0 Å². The van der Waals surface area contributed by atoms with Crippen LogP contribution < -0.4 is 15.4 Å². The van der Waals surface area contributed by atoms with Crippen molar-refractivity contribution in [2.45, 2.75) is 6.92 Å². The first kappa shape index (κ1) is 19.7. The topological polar surface area (TPSA) is 70.7 Å². The smallest absolute Gasteiger partial charge is 0.317 e. The lowest BCUT2D eigenvalue weighted by Crippen LogP contribution is -2.39. The standard InChI is InChI=1S/C16H18BrN3O3S2/c1-3-18-15(22)20(2)6-7-23-12-5-4-11(17)8-10(12)9-13-14(21)19-16(24)25-13/h4-5,8-9H,3,6-7H2,1-2H3,(H,18,22)(H,19,21,24). The van der Waals surface area contributed by atoms with E-state index >= 15 is 0 Å². The molecule has 3 amide bonds. The van der Waals surface area contributed by atoms with E-state index in [0.29, 0.717) is 34.7 Å². The van der Waals surface area contributed by atoms with Crippen LogP contribution in [0.5, 0.6) is 5.75 Å². The van der Waals surface area contributed by atoms with E-state index in [4.69, 9.17) is 17.0 Å². The highest BCUT2D eigenvalue weighted by molar-refractivity contribution is 9.10. The van der Waals surface area contributed by atoms with E-state index in [1.165, 1.54) is 11.8 Å². The maximum Gasteiger partial charge on any atom is 0.317 e. The summed E-state index contributed by atoms with van der Waals surface area (Å²) in [7, 11) is 1.71. The molecule has 25 heavy (non-hydrogen) atoms. The monoisotopic (exact) mass is 443 g/mol. The molecule has 6 nitrogen and oxygen atoms in total. The van der Waals surface area contributed by atoms with Gasteiger partial charge in [-0.3, -0.25) is 4.79 Å². The van der Waals surface area contributed by atoms with Gasteiger partial charge in [0.2, 0.25) is 0 Å². The molecule has 1 fully saturated rings. The number of ether oxygens (including phenoxy) is 1. The SMILES string of the molecule is CCNC(=O)N(C)CCOc1ccc(Br)cc1C=C1SC(=S)NC1=O. The normalized spacial score (nSPS) is 15.2. The van der Waals surface area contributed by atoms with Gasteiger partial charge in [-0.25, -0.2) is 4.79 Å². The predicted octanol–water partition coefficient (Wildman–Crippen LogP) is 2.98. The predicted molar refractivity (Wildman–Crippen MR) is 108 cm³/mol. The molecular formula is C16H18BrN3O3S2. The zero-order valence-electron chi connectivity index (χ0n) is 13.8. The van der Waals surface area contributed by atoms with E-state index in [1.807, 2.05) is 25.1 Å². The van der Waals surface area contributed by atoms with Gasteiger partial charge in [-0.1, -0.05) is 39.9 Å². The first-order valence-corrected chi connectivity index (χ1v) is 9.58. The second-order valence-electron chi connectivity index (χ2n) is 5.14. The summed E-state index contributed by atoms with van der Waals surface area (Å²) in [4.78, 5) is 25.6. The number of hydrogen-bond donors (Lipinski definition) is 2. The molecule has 0 aliphatic carbocycles. The average Bonchev–Trinajstić information content (AvgIpc) is 2.87. The van der Waals surface area contributed by atoms with Crippen LogP contribution in [0.25, 0.3) is 6.08 Å². The summed E-state index contributed by atoms with van der Waals surface area (Å²) in [5.41, 5.74) is 0.761. The third-order valence-electron chi connectivity index (χ3n) is 3.26. The van der Waals surface area contributed by atoms with Crippen LogP contribution in [-0.2, 0) is 4.79 Å². The maximum atomic E-state index is 11.8. The molecule has 1 saturated heterocycles. The van der Waals surface area contributed by atoms with Crippen LogP contribution >= 0.6 is 39.9 Å². The second kappa shape index (κ2) is 9.21. The summed E-state index contributed by atoms with van der Waals surface area (Å²) in [6, 6.07) is 5.40. The lowest BCUT2D eigenvalue weighted by atomic mass is 10.2. The second-order valence-corrected chi connectivity index (χ2v) is 7.77. The minimum absolute atomic E-state index is 0.142. The van der Waals surface area contributed by atoms with Gasteiger partial charge < -0.3 is 20.3 Å². The molecule has 9 heteroatoms. The number of benzene rings is 1. The number of thioether (sulfide) groups is 1. The number of nitrogens with zero attached hydrogens (tertiary/aromatic N) is 1. The minimum Gasteiger partial charge on any atom is -0.491 e. The van der Waals surface area contributed by atoms with Crippen molar-refractivity contribution < 1.29 is 14.3 Å². The van der Waals surface area contributed by atoms with Crippen molar-refractivity contribution in [1.29, 1.82) is 0 Å². The largest absolute Gasteiger partial charge is 0.491 e. The van der Waals surface area contributed by atoms with Crippen LogP contribution in [0, 0.1) is 0 Å². The Morgan fingerprint density at radius 2 is 2.28 bits per heavy atom. The minimum atomic E-state index is -0.211. The number of rotatable bonds is 6. The van der Waals surface area contributed by atoms with Crippen molar-refractivity contribution in [3.63, 3.8) is 0 Å². The van der Waals surface area contributed by atoms with E-state index in [0.717, 1.165) is 10.0 Å². The highest BCUT2D eigenvalue weighted by atomic mass is 79.9. The van der Waals surface area contributed by atoms with E-state index in [2.05, 4.69) is 26.6 Å². The first-order chi connectivity index (χ1) is 11.9. The van der Waals surface area contributed by atoms with E-state index < -0.39 is 0 Å². The molecule has 1 aliphatic heterocycles. The fourth-order valence-electron chi connectivity index (χ4n) is 2.01. The van der Waals surface area contributed by atoms with E-state index in [9.17, 15) is 9.59 Å². The number of carbonyl (C=O) groups excluding carboxylic acids is 2. The third kappa shape index (κ3) is 5.72. The van der Waals surface area contributed by atoms with Crippen molar-refractivity contribution in [2.75, 3.05) is 26.7 Å². The van der Waals surface area contributed by atoms with Crippen LogP contribution in [0.3, 0.4) is 0 Å². The average molecular weight is 444 g/mol. The molecule has 134 valence electrons. The third-order valence-corrected chi connectivity index (χ3v) is 4.92. The van der Waals surface area contributed by atoms with Crippen molar-refractivity contribution in [3.8, 4) is 5.75 Å². The highest BCUT2D eigenvalue weighted by Crippen LogP contribution is 2.31. The number of halogens is 1. The number of amides is 3. The van der Waals surface area contributed by atoms with Crippen molar-refractivity contribution in [1.82, 2.24) is 15.5 Å². The number of nitrogens with one attached hydrogen (secondary N) is 2. The molecule has 1 heterocycles. The van der Waals surface area contributed by atoms with Gasteiger partial charge in [-0.05, 0) is 31.2 Å². The van der Waals surface area contributed by atoms with Gasteiger partial charge in [0.25, 0.3) is 5.91 Å². The van der Waals surface area contributed by atoms with Crippen LogP contribution in [-0.4, -0.2) is 47.9 Å². The fraction of sp³-hybridized carbons (Fsp3) is 0.312. The number of thiocarbonyl (C=S) groups is 1. The molecule has 0 unspecified atom stereocenters. The zero-order chi connectivity index (χ0) is 18.4. The summed E-state index contributed by atoms with van der Waals surface area (Å²) in [5.74, 6) is 0.420. The maximum absolute atomic E-state index is 11.8. The Labute approximate surface area is 164 Å². The molecule has 1 aliphatic rings. The lowest BCUT2D eigenvalue weighted by molar-refractivity contribution is -0.115. The number of carbonyl (C=O) groups is 2. The van der Waals surface area contributed by atoms with Gasteiger partial charge in [-0.15, -0.1) is 0 Å². The van der Waals surface area contributed by atoms with Gasteiger partial charge in [0.1, 0.15) is 16.7 Å². The summed E-state index contributed by atoms with van der Waals surface area (Å²) < 4.78 is 7.12.